The van der Waals surface area contributed by atoms with Gasteiger partial charge in [0.25, 0.3) is 0 Å². The molecule has 1 aliphatic rings. The van der Waals surface area contributed by atoms with Crippen molar-refractivity contribution in [2.75, 3.05) is 0 Å². The first-order valence-electron chi connectivity index (χ1n) is 6.33. The normalized spacial score (nSPS) is 21.1. The molecule has 0 aromatic heterocycles. The van der Waals surface area contributed by atoms with E-state index < -0.39 is 0 Å². The van der Waals surface area contributed by atoms with Crippen LogP contribution < -0.4 is 4.74 Å². The summed E-state index contributed by atoms with van der Waals surface area (Å²) in [7, 11) is 0. The van der Waals surface area contributed by atoms with Crippen molar-refractivity contribution in [3.05, 3.63) is 41.5 Å². The van der Waals surface area contributed by atoms with Crippen LogP contribution >= 0.6 is 0 Å². The average Bonchev–Trinajstić information content (AvgIpc) is 2.27. The van der Waals surface area contributed by atoms with Gasteiger partial charge in [0.05, 0.1) is 0 Å². The minimum Gasteiger partial charge on any atom is -0.508 e. The molecule has 1 unspecified atom stereocenters. The summed E-state index contributed by atoms with van der Waals surface area (Å²) in [5, 5.41) is 9.49. The molecule has 0 fully saturated rings. The zero-order valence-corrected chi connectivity index (χ0v) is 11.2. The van der Waals surface area contributed by atoms with Crippen molar-refractivity contribution in [3.8, 4) is 11.5 Å². The number of phenols is 1. The Morgan fingerprint density at radius 1 is 1.39 bits per heavy atom. The third-order valence-corrected chi connectivity index (χ3v) is 3.15. The van der Waals surface area contributed by atoms with Crippen LogP contribution in [0.4, 0.5) is 0 Å². The van der Waals surface area contributed by atoms with Gasteiger partial charge in [-0.15, -0.1) is 0 Å². The molecule has 1 heterocycles. The molecule has 18 heavy (non-hydrogen) atoms. The van der Waals surface area contributed by atoms with Crippen molar-refractivity contribution >= 4 is 6.08 Å². The SMILES string of the molecule is CC(C)=CCCC1(C)C=Cc2ccc(O)cc2O1. The van der Waals surface area contributed by atoms with E-state index in [1.807, 2.05) is 6.07 Å². The Balaban J connectivity index is 2.12. The third kappa shape index (κ3) is 2.95. The van der Waals surface area contributed by atoms with E-state index in [9.17, 15) is 5.11 Å². The number of ether oxygens (including phenoxy) is 1. The van der Waals surface area contributed by atoms with Crippen LogP contribution in [0.25, 0.3) is 6.08 Å². The fraction of sp³-hybridized carbons (Fsp3) is 0.375. The number of phenolic OH excluding ortho intramolecular Hbond substituents is 1. The van der Waals surface area contributed by atoms with Gasteiger partial charge in [-0.25, -0.2) is 0 Å². The van der Waals surface area contributed by atoms with Gasteiger partial charge < -0.3 is 9.84 Å². The number of fused-ring (bicyclic) bond motifs is 1. The predicted octanol–water partition coefficient (Wildman–Crippen LogP) is 4.30. The van der Waals surface area contributed by atoms with Gasteiger partial charge in [0, 0.05) is 11.6 Å². The summed E-state index contributed by atoms with van der Waals surface area (Å²) in [6.07, 6.45) is 8.33. The number of hydrogen-bond acceptors (Lipinski definition) is 2. The smallest absolute Gasteiger partial charge is 0.131 e. The zero-order chi connectivity index (χ0) is 13.2. The summed E-state index contributed by atoms with van der Waals surface area (Å²) in [5.41, 5.74) is 2.07. The van der Waals surface area contributed by atoms with E-state index in [1.165, 1.54) is 5.57 Å². The maximum atomic E-state index is 9.49. The Morgan fingerprint density at radius 3 is 2.89 bits per heavy atom. The van der Waals surface area contributed by atoms with Gasteiger partial charge in [-0.05, 0) is 51.8 Å². The van der Waals surface area contributed by atoms with Gasteiger partial charge >= 0.3 is 0 Å². The summed E-state index contributed by atoms with van der Waals surface area (Å²) < 4.78 is 6.01. The standard InChI is InChI=1S/C16H20O2/c1-12(2)5-4-9-16(3)10-8-13-6-7-14(17)11-15(13)18-16/h5-8,10-11,17H,4,9H2,1-3H3. The predicted molar refractivity (Wildman–Crippen MR) is 74.8 cm³/mol. The van der Waals surface area contributed by atoms with Crippen LogP contribution in [0.3, 0.4) is 0 Å². The van der Waals surface area contributed by atoms with Crippen LogP contribution in [-0.2, 0) is 0 Å². The molecule has 0 radical (unpaired) electrons. The zero-order valence-electron chi connectivity index (χ0n) is 11.2. The van der Waals surface area contributed by atoms with Crippen LogP contribution in [0, 0.1) is 0 Å². The molecule has 0 aliphatic carbocycles. The average molecular weight is 244 g/mol. The Morgan fingerprint density at radius 2 is 2.17 bits per heavy atom. The monoisotopic (exact) mass is 244 g/mol. The van der Waals surface area contributed by atoms with Crippen LogP contribution in [-0.4, -0.2) is 10.7 Å². The number of hydrogen-bond donors (Lipinski definition) is 1. The van der Waals surface area contributed by atoms with Crippen LogP contribution in [0.2, 0.25) is 0 Å². The van der Waals surface area contributed by atoms with Gasteiger partial charge in [-0.2, -0.15) is 0 Å². The second kappa shape index (κ2) is 4.89. The van der Waals surface area contributed by atoms with Crippen LogP contribution in [0.15, 0.2) is 35.9 Å². The van der Waals surface area contributed by atoms with Gasteiger partial charge in [-0.1, -0.05) is 17.7 Å². The Labute approximate surface area is 109 Å². The highest BCUT2D eigenvalue weighted by Gasteiger charge is 2.26. The molecule has 96 valence electrons. The number of aromatic hydroxyl groups is 1. The maximum Gasteiger partial charge on any atom is 0.131 e. The van der Waals surface area contributed by atoms with Crippen LogP contribution in [0.5, 0.6) is 11.5 Å². The molecule has 2 heteroatoms. The van der Waals surface area contributed by atoms with Gasteiger partial charge in [0.15, 0.2) is 0 Å². The van der Waals surface area contributed by atoms with E-state index in [-0.39, 0.29) is 11.4 Å². The molecule has 1 aromatic carbocycles. The third-order valence-electron chi connectivity index (χ3n) is 3.15. The van der Waals surface area contributed by atoms with E-state index in [2.05, 4.69) is 39.0 Å². The molecular weight excluding hydrogens is 224 g/mol. The van der Waals surface area contributed by atoms with Crippen LogP contribution in [0.1, 0.15) is 39.2 Å². The molecule has 0 spiro atoms. The molecular formula is C16H20O2. The minimum absolute atomic E-state index is 0.246. The lowest BCUT2D eigenvalue weighted by Crippen LogP contribution is -2.31. The minimum atomic E-state index is -0.285. The van der Waals surface area contributed by atoms with E-state index in [0.717, 1.165) is 24.2 Å². The summed E-state index contributed by atoms with van der Waals surface area (Å²) in [5.74, 6) is 1.01. The lowest BCUT2D eigenvalue weighted by atomic mass is 9.94. The maximum absolute atomic E-state index is 9.49. The van der Waals surface area contributed by atoms with E-state index >= 15 is 0 Å². The summed E-state index contributed by atoms with van der Waals surface area (Å²) >= 11 is 0. The fourth-order valence-electron chi connectivity index (χ4n) is 2.08. The second-order valence-electron chi connectivity index (χ2n) is 5.29. The van der Waals surface area contributed by atoms with Gasteiger partial charge in [0.2, 0.25) is 0 Å². The van der Waals surface area contributed by atoms with Crippen molar-refractivity contribution in [2.45, 2.75) is 39.2 Å². The van der Waals surface area contributed by atoms with Gasteiger partial charge in [0.1, 0.15) is 17.1 Å². The molecule has 2 rings (SSSR count). The molecule has 1 aliphatic heterocycles. The topological polar surface area (TPSA) is 29.5 Å². The van der Waals surface area contributed by atoms with E-state index in [0.29, 0.717) is 0 Å². The van der Waals surface area contributed by atoms with Crippen molar-refractivity contribution in [1.29, 1.82) is 0 Å². The highest BCUT2D eigenvalue weighted by atomic mass is 16.5. The lowest BCUT2D eigenvalue weighted by Gasteiger charge is -2.31. The Hall–Kier alpha value is -1.70. The molecule has 0 amide bonds. The summed E-state index contributed by atoms with van der Waals surface area (Å²) in [6.45, 7) is 6.29. The van der Waals surface area contributed by atoms with Crippen molar-refractivity contribution < 1.29 is 9.84 Å². The highest BCUT2D eigenvalue weighted by molar-refractivity contribution is 5.62. The molecule has 0 bridgehead atoms. The highest BCUT2D eigenvalue weighted by Crippen LogP contribution is 2.35. The number of benzene rings is 1. The molecule has 0 saturated carbocycles. The van der Waals surface area contributed by atoms with Crippen molar-refractivity contribution in [1.82, 2.24) is 0 Å². The first-order valence-corrected chi connectivity index (χ1v) is 6.33. The van der Waals surface area contributed by atoms with Crippen molar-refractivity contribution in [2.24, 2.45) is 0 Å². The van der Waals surface area contributed by atoms with Crippen molar-refractivity contribution in [3.63, 3.8) is 0 Å². The first-order chi connectivity index (χ1) is 8.48. The first kappa shape index (κ1) is 12.7. The van der Waals surface area contributed by atoms with Gasteiger partial charge in [-0.3, -0.25) is 0 Å². The van der Waals surface area contributed by atoms with E-state index in [1.54, 1.807) is 12.1 Å². The Kier molecular flexibility index (Phi) is 3.46. The van der Waals surface area contributed by atoms with E-state index in [4.69, 9.17) is 4.74 Å². The second-order valence-corrected chi connectivity index (χ2v) is 5.29. The quantitative estimate of drug-likeness (QED) is 0.803. The lowest BCUT2D eigenvalue weighted by molar-refractivity contribution is 0.128. The number of rotatable bonds is 3. The fourth-order valence-corrected chi connectivity index (χ4v) is 2.08. The summed E-state index contributed by atoms with van der Waals surface area (Å²) in [4.78, 5) is 0. The summed E-state index contributed by atoms with van der Waals surface area (Å²) in [6, 6.07) is 5.23. The largest absolute Gasteiger partial charge is 0.508 e. The Bertz CT molecular complexity index is 496. The molecule has 2 nitrogen and oxygen atoms in total. The molecule has 1 atom stereocenters. The molecule has 1 aromatic rings. The molecule has 0 saturated heterocycles. The molecule has 1 N–H and O–H groups in total. The number of allylic oxidation sites excluding steroid dienone is 2.